The zero-order chi connectivity index (χ0) is 18.2. The molecule has 2 aromatic rings. The fourth-order valence-corrected chi connectivity index (χ4v) is 2.28. The Hall–Kier alpha value is -2.60. The van der Waals surface area contributed by atoms with Gasteiger partial charge in [-0.15, -0.1) is 0 Å². The van der Waals surface area contributed by atoms with E-state index >= 15 is 0 Å². The van der Waals surface area contributed by atoms with Gasteiger partial charge in [0.25, 0.3) is 5.91 Å². The minimum Gasteiger partial charge on any atom is -0.494 e. The van der Waals surface area contributed by atoms with Gasteiger partial charge >= 0.3 is 0 Å². The van der Waals surface area contributed by atoms with E-state index in [1.807, 2.05) is 6.92 Å². The summed E-state index contributed by atoms with van der Waals surface area (Å²) in [6.45, 7) is 2.35. The summed E-state index contributed by atoms with van der Waals surface area (Å²) >= 11 is 6.14. The zero-order valence-electron chi connectivity index (χ0n) is 14.3. The molecular weight excluding hydrogens is 346 g/mol. The second-order valence-corrected chi connectivity index (χ2v) is 5.34. The van der Waals surface area contributed by atoms with E-state index < -0.39 is 0 Å². The predicted octanol–water partition coefficient (Wildman–Crippen LogP) is 3.77. The minimum absolute atomic E-state index is 0.154. The number of amides is 1. The first-order valence-corrected chi connectivity index (χ1v) is 8.02. The van der Waals surface area contributed by atoms with Crippen molar-refractivity contribution in [3.63, 3.8) is 0 Å². The monoisotopic (exact) mass is 365 g/mol. The second kappa shape index (κ2) is 9.03. The lowest BCUT2D eigenvalue weighted by atomic mass is 10.2. The van der Waals surface area contributed by atoms with E-state index in [0.29, 0.717) is 34.6 Å². The van der Waals surface area contributed by atoms with Crippen LogP contribution in [0, 0.1) is 0 Å². The molecule has 1 N–H and O–H groups in total. The Kier molecular flexibility index (Phi) is 6.77. The van der Waals surface area contributed by atoms with Crippen LogP contribution in [0.2, 0.25) is 5.02 Å². The van der Waals surface area contributed by atoms with E-state index in [0.717, 1.165) is 5.75 Å². The third kappa shape index (κ3) is 5.19. The number of carbonyl (C=O) groups is 1. The largest absolute Gasteiger partial charge is 0.494 e. The average Bonchev–Trinajstić information content (AvgIpc) is 2.62. The maximum Gasteiger partial charge on any atom is 0.262 e. The number of hydrogen-bond donors (Lipinski definition) is 1. The maximum absolute atomic E-state index is 12.1. The van der Waals surface area contributed by atoms with Gasteiger partial charge < -0.3 is 24.3 Å². The molecule has 0 fully saturated rings. The molecule has 0 saturated carbocycles. The summed E-state index contributed by atoms with van der Waals surface area (Å²) in [5.74, 6) is 1.92. The number of anilines is 1. The van der Waals surface area contributed by atoms with Gasteiger partial charge in [0.2, 0.25) is 0 Å². The van der Waals surface area contributed by atoms with Crippen molar-refractivity contribution >= 4 is 23.2 Å². The van der Waals surface area contributed by atoms with Crippen molar-refractivity contribution in [1.29, 1.82) is 0 Å². The van der Waals surface area contributed by atoms with Gasteiger partial charge in [-0.05, 0) is 31.2 Å². The van der Waals surface area contributed by atoms with Crippen LogP contribution in [0.3, 0.4) is 0 Å². The normalized spacial score (nSPS) is 10.1. The van der Waals surface area contributed by atoms with E-state index in [4.69, 9.17) is 30.5 Å². The highest BCUT2D eigenvalue weighted by Crippen LogP contribution is 2.35. The predicted molar refractivity (Wildman–Crippen MR) is 96.3 cm³/mol. The molecule has 6 nitrogen and oxygen atoms in total. The third-order valence-electron chi connectivity index (χ3n) is 3.25. The summed E-state index contributed by atoms with van der Waals surface area (Å²) in [6, 6.07) is 10.2. The highest BCUT2D eigenvalue weighted by atomic mass is 35.5. The number of hydrogen-bond acceptors (Lipinski definition) is 5. The van der Waals surface area contributed by atoms with Gasteiger partial charge in [0.15, 0.2) is 18.1 Å². The molecule has 0 aromatic heterocycles. The SMILES string of the molecule is CCOc1ccc(OCC(=O)Nc2cc(OC)c(OC)cc2Cl)cc1. The molecule has 0 aliphatic heterocycles. The van der Waals surface area contributed by atoms with Gasteiger partial charge in [-0.2, -0.15) is 0 Å². The Morgan fingerprint density at radius 1 is 1.00 bits per heavy atom. The lowest BCUT2D eigenvalue weighted by molar-refractivity contribution is -0.118. The average molecular weight is 366 g/mol. The molecular formula is C18H20ClNO5. The van der Waals surface area contributed by atoms with Crippen LogP contribution < -0.4 is 24.3 Å². The first-order valence-electron chi connectivity index (χ1n) is 7.64. The van der Waals surface area contributed by atoms with Crippen molar-refractivity contribution in [3.05, 3.63) is 41.4 Å². The third-order valence-corrected chi connectivity index (χ3v) is 3.56. The Bertz CT molecular complexity index is 718. The molecule has 0 spiro atoms. The molecule has 0 atom stereocenters. The standard InChI is InChI=1S/C18H20ClNO5/c1-4-24-12-5-7-13(8-6-12)25-11-18(21)20-15-10-17(23-3)16(22-2)9-14(15)19/h5-10H,4,11H2,1-3H3,(H,20,21). The summed E-state index contributed by atoms with van der Waals surface area (Å²) in [5.41, 5.74) is 0.416. The van der Waals surface area contributed by atoms with Crippen molar-refractivity contribution in [1.82, 2.24) is 0 Å². The van der Waals surface area contributed by atoms with Crippen LogP contribution in [0.4, 0.5) is 5.69 Å². The van der Waals surface area contributed by atoms with Crippen molar-refractivity contribution in [2.24, 2.45) is 0 Å². The van der Waals surface area contributed by atoms with Gasteiger partial charge in [0.1, 0.15) is 11.5 Å². The molecule has 0 unspecified atom stereocenters. The topological polar surface area (TPSA) is 66.0 Å². The first-order chi connectivity index (χ1) is 12.1. The van der Waals surface area contributed by atoms with Crippen molar-refractivity contribution < 1.29 is 23.7 Å². The number of halogens is 1. The summed E-state index contributed by atoms with van der Waals surface area (Å²) in [4.78, 5) is 12.1. The second-order valence-electron chi connectivity index (χ2n) is 4.93. The van der Waals surface area contributed by atoms with Gasteiger partial charge in [0, 0.05) is 12.1 Å². The van der Waals surface area contributed by atoms with Gasteiger partial charge in [0.05, 0.1) is 31.5 Å². The fraction of sp³-hybridized carbons (Fsp3) is 0.278. The van der Waals surface area contributed by atoms with Crippen LogP contribution in [0.15, 0.2) is 36.4 Å². The lowest BCUT2D eigenvalue weighted by Crippen LogP contribution is -2.20. The van der Waals surface area contributed by atoms with Crippen LogP contribution in [0.25, 0.3) is 0 Å². The lowest BCUT2D eigenvalue weighted by Gasteiger charge is -2.13. The van der Waals surface area contributed by atoms with Crippen LogP contribution in [-0.4, -0.2) is 33.3 Å². The highest BCUT2D eigenvalue weighted by molar-refractivity contribution is 6.34. The number of nitrogens with one attached hydrogen (secondary N) is 1. The van der Waals surface area contributed by atoms with Crippen LogP contribution in [-0.2, 0) is 4.79 Å². The Morgan fingerprint density at radius 3 is 2.12 bits per heavy atom. The van der Waals surface area contributed by atoms with Gasteiger partial charge in [-0.25, -0.2) is 0 Å². The quantitative estimate of drug-likeness (QED) is 0.771. The van der Waals surface area contributed by atoms with E-state index in [-0.39, 0.29) is 12.5 Å². The van der Waals surface area contributed by atoms with E-state index in [2.05, 4.69) is 5.32 Å². The maximum atomic E-state index is 12.1. The van der Waals surface area contributed by atoms with Gasteiger partial charge in [-0.1, -0.05) is 11.6 Å². The molecule has 2 rings (SSSR count). The van der Waals surface area contributed by atoms with Crippen molar-refractivity contribution in [3.8, 4) is 23.0 Å². The summed E-state index contributed by atoms with van der Waals surface area (Å²) < 4.78 is 21.1. The van der Waals surface area contributed by atoms with Crippen LogP contribution in [0.1, 0.15) is 6.92 Å². The number of rotatable bonds is 8. The fourth-order valence-electron chi connectivity index (χ4n) is 2.08. The number of ether oxygens (including phenoxy) is 4. The van der Waals surface area contributed by atoms with Crippen molar-refractivity contribution in [2.45, 2.75) is 6.92 Å². The Labute approximate surface area is 151 Å². The molecule has 0 saturated heterocycles. The molecule has 0 radical (unpaired) electrons. The van der Waals surface area contributed by atoms with E-state index in [1.165, 1.54) is 14.2 Å². The molecule has 0 aliphatic carbocycles. The Balaban J connectivity index is 1.96. The summed E-state index contributed by atoms with van der Waals surface area (Å²) in [5, 5.41) is 3.02. The zero-order valence-corrected chi connectivity index (χ0v) is 15.1. The Morgan fingerprint density at radius 2 is 1.56 bits per heavy atom. The highest BCUT2D eigenvalue weighted by Gasteiger charge is 2.12. The summed E-state index contributed by atoms with van der Waals surface area (Å²) in [7, 11) is 3.02. The smallest absolute Gasteiger partial charge is 0.262 e. The molecule has 0 aliphatic rings. The van der Waals surface area contributed by atoms with E-state index in [9.17, 15) is 4.79 Å². The van der Waals surface area contributed by atoms with Gasteiger partial charge in [-0.3, -0.25) is 4.79 Å². The molecule has 0 bridgehead atoms. The van der Waals surface area contributed by atoms with Crippen LogP contribution >= 0.6 is 11.6 Å². The van der Waals surface area contributed by atoms with Crippen molar-refractivity contribution in [2.75, 3.05) is 32.8 Å². The molecule has 7 heteroatoms. The number of methoxy groups -OCH3 is 2. The minimum atomic E-state index is -0.344. The van der Waals surface area contributed by atoms with Crippen LogP contribution in [0.5, 0.6) is 23.0 Å². The molecule has 134 valence electrons. The molecule has 2 aromatic carbocycles. The number of carbonyl (C=O) groups excluding carboxylic acids is 1. The summed E-state index contributed by atoms with van der Waals surface area (Å²) in [6.07, 6.45) is 0. The molecule has 25 heavy (non-hydrogen) atoms. The molecule has 0 heterocycles. The number of benzene rings is 2. The molecule has 1 amide bonds. The van der Waals surface area contributed by atoms with E-state index in [1.54, 1.807) is 36.4 Å². The first kappa shape index (κ1) is 18.7.